The summed E-state index contributed by atoms with van der Waals surface area (Å²) in [4.78, 5) is 52.2. The molecule has 2 aromatic rings. The zero-order chi connectivity index (χ0) is 25.8. The molecular weight excluding hydrogens is 458 g/mol. The molecule has 0 saturated heterocycles. The second-order valence-corrected chi connectivity index (χ2v) is 7.14. The van der Waals surface area contributed by atoms with Gasteiger partial charge in [0.25, 0.3) is 5.91 Å². The molecule has 10 N–H and O–H groups in total. The fourth-order valence-corrected chi connectivity index (χ4v) is 2.80. The standard InChI is InChI=1S/C22H27N7O6/c23-8-9-35-16-6-4-14(5-7-16)27-21(34)17(11-19(31)32)29-18(30)12-26-20(33)13-2-1-3-15(10-13)28-22(24)25/h1-7,10,17H,8-9,11-12,23H2,(H,26,33)(H,27,34)(H,29,30)(H,31,32)(H4,24,25,28)/t17-/m0/s1. The molecule has 0 aliphatic heterocycles. The van der Waals surface area contributed by atoms with Crippen LogP contribution in [0, 0.1) is 0 Å². The number of hydrogen-bond donors (Lipinski definition) is 7. The molecule has 0 heterocycles. The number of nitrogens with one attached hydrogen (secondary N) is 3. The van der Waals surface area contributed by atoms with Gasteiger partial charge in [-0.1, -0.05) is 6.07 Å². The van der Waals surface area contributed by atoms with Crippen LogP contribution in [0.3, 0.4) is 0 Å². The van der Waals surface area contributed by atoms with Gasteiger partial charge in [0.2, 0.25) is 11.8 Å². The Balaban J connectivity index is 1.95. The third kappa shape index (κ3) is 9.39. The number of carbonyl (C=O) groups is 4. The van der Waals surface area contributed by atoms with Crippen molar-refractivity contribution in [2.45, 2.75) is 12.5 Å². The smallest absolute Gasteiger partial charge is 0.305 e. The van der Waals surface area contributed by atoms with Gasteiger partial charge in [-0.3, -0.25) is 19.2 Å². The Bertz CT molecular complexity index is 1080. The van der Waals surface area contributed by atoms with E-state index >= 15 is 0 Å². The number of carboxylic acid groups (broad SMARTS) is 1. The first-order valence-electron chi connectivity index (χ1n) is 10.4. The number of nitrogens with two attached hydrogens (primary N) is 3. The molecule has 0 aliphatic carbocycles. The number of nitrogens with zero attached hydrogens (tertiary/aromatic N) is 1. The maximum Gasteiger partial charge on any atom is 0.305 e. The van der Waals surface area contributed by atoms with Crippen LogP contribution in [-0.2, 0) is 14.4 Å². The highest BCUT2D eigenvalue weighted by molar-refractivity contribution is 6.00. The van der Waals surface area contributed by atoms with Crippen LogP contribution in [0.1, 0.15) is 16.8 Å². The maximum absolute atomic E-state index is 12.6. The van der Waals surface area contributed by atoms with Crippen LogP contribution in [0.5, 0.6) is 5.75 Å². The van der Waals surface area contributed by atoms with Crippen LogP contribution >= 0.6 is 0 Å². The lowest BCUT2D eigenvalue weighted by Gasteiger charge is -2.17. The van der Waals surface area contributed by atoms with E-state index in [1.807, 2.05) is 0 Å². The van der Waals surface area contributed by atoms with Crippen LogP contribution in [0.15, 0.2) is 53.5 Å². The molecule has 3 amide bonds. The number of anilines is 1. The Morgan fingerprint density at radius 1 is 1.06 bits per heavy atom. The first-order chi connectivity index (χ1) is 16.7. The Labute approximate surface area is 200 Å². The molecular formula is C22H27N7O6. The number of amides is 3. The summed E-state index contributed by atoms with van der Waals surface area (Å²) in [6.45, 7) is 0.179. The molecule has 186 valence electrons. The molecule has 0 radical (unpaired) electrons. The van der Waals surface area contributed by atoms with Crippen molar-refractivity contribution in [2.24, 2.45) is 22.2 Å². The second kappa shape index (κ2) is 13.2. The van der Waals surface area contributed by atoms with Crippen molar-refractivity contribution in [1.29, 1.82) is 0 Å². The van der Waals surface area contributed by atoms with Crippen molar-refractivity contribution in [3.8, 4) is 5.75 Å². The Morgan fingerprint density at radius 3 is 2.40 bits per heavy atom. The monoisotopic (exact) mass is 485 g/mol. The number of carboxylic acids is 1. The molecule has 35 heavy (non-hydrogen) atoms. The third-order valence-electron chi connectivity index (χ3n) is 4.31. The SMILES string of the molecule is NCCOc1ccc(NC(=O)[C@H](CC(=O)O)NC(=O)CNC(=O)c2cccc(N=C(N)N)c2)cc1. The van der Waals surface area contributed by atoms with Crippen LogP contribution in [0.25, 0.3) is 0 Å². The van der Waals surface area contributed by atoms with Crippen LogP contribution in [0.4, 0.5) is 11.4 Å². The molecule has 0 saturated carbocycles. The number of guanidine groups is 1. The maximum atomic E-state index is 12.6. The minimum Gasteiger partial charge on any atom is -0.492 e. The summed E-state index contributed by atoms with van der Waals surface area (Å²) in [5.74, 6) is -3.03. The van der Waals surface area contributed by atoms with E-state index in [1.54, 1.807) is 36.4 Å². The van der Waals surface area contributed by atoms with Crippen LogP contribution in [-0.4, -0.2) is 60.5 Å². The quantitative estimate of drug-likeness (QED) is 0.148. The number of rotatable bonds is 12. The van der Waals surface area contributed by atoms with E-state index in [1.165, 1.54) is 12.1 Å². The van der Waals surface area contributed by atoms with Crippen molar-refractivity contribution >= 4 is 41.0 Å². The normalized spacial score (nSPS) is 11.0. The summed E-state index contributed by atoms with van der Waals surface area (Å²) in [5, 5.41) is 16.4. The Morgan fingerprint density at radius 2 is 1.77 bits per heavy atom. The van der Waals surface area contributed by atoms with Crippen molar-refractivity contribution < 1.29 is 29.0 Å². The van der Waals surface area contributed by atoms with Gasteiger partial charge in [0, 0.05) is 17.8 Å². The van der Waals surface area contributed by atoms with Gasteiger partial charge in [0.05, 0.1) is 18.7 Å². The van der Waals surface area contributed by atoms with E-state index in [9.17, 15) is 19.2 Å². The molecule has 13 heteroatoms. The van der Waals surface area contributed by atoms with Gasteiger partial charge in [0.1, 0.15) is 18.4 Å². The molecule has 0 aliphatic rings. The van der Waals surface area contributed by atoms with Gasteiger partial charge in [0.15, 0.2) is 5.96 Å². The van der Waals surface area contributed by atoms with E-state index in [2.05, 4.69) is 20.9 Å². The van der Waals surface area contributed by atoms with E-state index in [-0.39, 0.29) is 11.5 Å². The van der Waals surface area contributed by atoms with E-state index in [0.717, 1.165) is 0 Å². The summed E-state index contributed by atoms with van der Waals surface area (Å²) in [6.07, 6.45) is -0.663. The minimum atomic E-state index is -1.38. The van der Waals surface area contributed by atoms with Crippen LogP contribution < -0.4 is 37.9 Å². The lowest BCUT2D eigenvalue weighted by molar-refractivity contribution is -0.139. The number of aliphatic imine (C=N–C) groups is 1. The minimum absolute atomic E-state index is 0.180. The predicted octanol–water partition coefficient (Wildman–Crippen LogP) is -0.743. The van der Waals surface area contributed by atoms with Gasteiger partial charge < -0.3 is 43.0 Å². The lowest BCUT2D eigenvalue weighted by atomic mass is 10.1. The number of hydrogen-bond acceptors (Lipinski definition) is 7. The number of aliphatic carboxylic acids is 1. The summed E-state index contributed by atoms with van der Waals surface area (Å²) in [7, 11) is 0. The highest BCUT2D eigenvalue weighted by Gasteiger charge is 2.24. The topological polar surface area (TPSA) is 224 Å². The molecule has 2 aromatic carbocycles. The van der Waals surface area contributed by atoms with E-state index in [4.69, 9.17) is 27.0 Å². The van der Waals surface area contributed by atoms with Gasteiger partial charge in [-0.05, 0) is 42.5 Å². The third-order valence-corrected chi connectivity index (χ3v) is 4.31. The molecule has 0 unspecified atom stereocenters. The average molecular weight is 486 g/mol. The molecule has 0 aromatic heterocycles. The lowest BCUT2D eigenvalue weighted by Crippen LogP contribution is -2.48. The zero-order valence-corrected chi connectivity index (χ0v) is 18.7. The molecule has 0 fully saturated rings. The van der Waals surface area contributed by atoms with Crippen molar-refractivity contribution in [1.82, 2.24) is 10.6 Å². The average Bonchev–Trinajstić information content (AvgIpc) is 2.81. The Hall–Kier alpha value is -4.65. The number of carbonyl (C=O) groups excluding carboxylic acids is 3. The zero-order valence-electron chi connectivity index (χ0n) is 18.7. The first kappa shape index (κ1) is 26.6. The van der Waals surface area contributed by atoms with Crippen LogP contribution in [0.2, 0.25) is 0 Å². The summed E-state index contributed by atoms with van der Waals surface area (Å²) < 4.78 is 5.35. The molecule has 2 rings (SSSR count). The van der Waals surface area contributed by atoms with E-state index < -0.39 is 42.7 Å². The summed E-state index contributed by atoms with van der Waals surface area (Å²) in [6, 6.07) is 11.0. The van der Waals surface area contributed by atoms with Gasteiger partial charge >= 0.3 is 5.97 Å². The fraction of sp³-hybridized carbons (Fsp3) is 0.227. The molecule has 13 nitrogen and oxygen atoms in total. The highest BCUT2D eigenvalue weighted by Crippen LogP contribution is 2.16. The largest absolute Gasteiger partial charge is 0.492 e. The van der Waals surface area contributed by atoms with E-state index in [0.29, 0.717) is 30.3 Å². The van der Waals surface area contributed by atoms with Gasteiger partial charge in [-0.25, -0.2) is 4.99 Å². The molecule has 0 bridgehead atoms. The summed E-state index contributed by atoms with van der Waals surface area (Å²) >= 11 is 0. The second-order valence-electron chi connectivity index (χ2n) is 7.14. The van der Waals surface area contributed by atoms with Crippen molar-refractivity contribution in [3.63, 3.8) is 0 Å². The number of ether oxygens (including phenoxy) is 1. The summed E-state index contributed by atoms with van der Waals surface area (Å²) in [5.41, 5.74) is 16.9. The first-order valence-corrected chi connectivity index (χ1v) is 10.4. The van der Waals surface area contributed by atoms with Gasteiger partial charge in [-0.15, -0.1) is 0 Å². The Kier molecular flexibility index (Phi) is 10.00. The predicted molar refractivity (Wildman–Crippen MR) is 128 cm³/mol. The fourth-order valence-electron chi connectivity index (χ4n) is 2.80. The van der Waals surface area contributed by atoms with Crippen molar-refractivity contribution in [3.05, 3.63) is 54.1 Å². The molecule has 0 spiro atoms. The number of benzene rings is 2. The molecule has 1 atom stereocenters. The van der Waals surface area contributed by atoms with Crippen molar-refractivity contribution in [2.75, 3.05) is 25.0 Å². The van der Waals surface area contributed by atoms with Gasteiger partial charge in [-0.2, -0.15) is 0 Å². The highest BCUT2D eigenvalue weighted by atomic mass is 16.5.